The van der Waals surface area contributed by atoms with Gasteiger partial charge in [0.1, 0.15) is 11.5 Å². The molecule has 6 heteroatoms. The fraction of sp³-hybridized carbons (Fsp3) is 0.185. The Labute approximate surface area is 193 Å². The van der Waals surface area contributed by atoms with E-state index >= 15 is 0 Å². The van der Waals surface area contributed by atoms with Crippen molar-refractivity contribution < 1.29 is 14.3 Å². The Morgan fingerprint density at radius 1 is 0.939 bits per heavy atom. The lowest BCUT2D eigenvalue weighted by Crippen LogP contribution is -2.14. The number of rotatable bonds is 9. The lowest BCUT2D eigenvalue weighted by molar-refractivity contribution is 0.102. The third-order valence-electron chi connectivity index (χ3n) is 5.15. The van der Waals surface area contributed by atoms with Gasteiger partial charge in [0.2, 0.25) is 0 Å². The molecule has 1 N–H and O–H groups in total. The van der Waals surface area contributed by atoms with Gasteiger partial charge in [0.05, 0.1) is 25.4 Å². The lowest BCUT2D eigenvalue weighted by Gasteiger charge is -2.15. The summed E-state index contributed by atoms with van der Waals surface area (Å²) in [7, 11) is 0. The second-order valence-corrected chi connectivity index (χ2v) is 7.42. The highest BCUT2D eigenvalue weighted by atomic mass is 16.5. The van der Waals surface area contributed by atoms with Crippen LogP contribution in [0.15, 0.2) is 85.2 Å². The minimum absolute atomic E-state index is 0.208. The monoisotopic (exact) mass is 441 g/mol. The summed E-state index contributed by atoms with van der Waals surface area (Å²) in [5, 5.41) is 7.26. The summed E-state index contributed by atoms with van der Waals surface area (Å²) in [6, 6.07) is 23.1. The summed E-state index contributed by atoms with van der Waals surface area (Å²) in [6.07, 6.45) is 3.70. The molecule has 0 radical (unpaired) electrons. The van der Waals surface area contributed by atoms with Crippen molar-refractivity contribution in [1.29, 1.82) is 0 Å². The van der Waals surface area contributed by atoms with Gasteiger partial charge in [-0.3, -0.25) is 9.48 Å². The predicted octanol–water partition coefficient (Wildman–Crippen LogP) is 5.65. The normalized spacial score (nSPS) is 10.6. The van der Waals surface area contributed by atoms with Crippen LogP contribution < -0.4 is 14.8 Å². The van der Waals surface area contributed by atoms with Crippen molar-refractivity contribution in [3.63, 3.8) is 0 Å². The first-order valence-electron chi connectivity index (χ1n) is 11.0. The molecule has 4 rings (SSSR count). The van der Waals surface area contributed by atoms with Crippen molar-refractivity contribution in [2.45, 2.75) is 20.4 Å². The van der Waals surface area contributed by atoms with E-state index in [0.717, 1.165) is 16.7 Å². The zero-order chi connectivity index (χ0) is 23.0. The van der Waals surface area contributed by atoms with E-state index in [2.05, 4.69) is 22.5 Å². The molecule has 0 aliphatic heterocycles. The smallest absolute Gasteiger partial charge is 0.256 e. The van der Waals surface area contributed by atoms with Crippen LogP contribution in [0.4, 0.5) is 5.69 Å². The van der Waals surface area contributed by atoms with Crippen molar-refractivity contribution in [3.8, 4) is 22.6 Å². The SMILES string of the molecule is CCOc1ccc(OCC)c(NC(=O)c2ccccc2-c2ccc(Cn3cccn3)cc2)c1. The van der Waals surface area contributed by atoms with Crippen LogP contribution in [0.3, 0.4) is 0 Å². The van der Waals surface area contributed by atoms with Crippen LogP contribution in [0, 0.1) is 0 Å². The summed E-state index contributed by atoms with van der Waals surface area (Å²) in [5.74, 6) is 1.08. The van der Waals surface area contributed by atoms with Crippen LogP contribution in [0.5, 0.6) is 11.5 Å². The Morgan fingerprint density at radius 2 is 1.73 bits per heavy atom. The maximum absolute atomic E-state index is 13.3. The Balaban J connectivity index is 1.58. The number of benzene rings is 3. The van der Waals surface area contributed by atoms with Crippen LogP contribution in [0.25, 0.3) is 11.1 Å². The van der Waals surface area contributed by atoms with Gasteiger partial charge < -0.3 is 14.8 Å². The number of carbonyl (C=O) groups excluding carboxylic acids is 1. The molecule has 0 aliphatic carbocycles. The lowest BCUT2D eigenvalue weighted by atomic mass is 9.98. The van der Waals surface area contributed by atoms with Crippen LogP contribution >= 0.6 is 0 Å². The topological polar surface area (TPSA) is 65.4 Å². The first-order valence-corrected chi connectivity index (χ1v) is 11.0. The molecule has 0 saturated heterocycles. The molecule has 6 nitrogen and oxygen atoms in total. The van der Waals surface area contributed by atoms with E-state index in [0.29, 0.717) is 42.5 Å². The molecule has 0 atom stereocenters. The number of carbonyl (C=O) groups is 1. The summed E-state index contributed by atoms with van der Waals surface area (Å²) < 4.78 is 13.2. The molecular formula is C27H27N3O3. The van der Waals surface area contributed by atoms with Crippen molar-refractivity contribution in [2.75, 3.05) is 18.5 Å². The average Bonchev–Trinajstić information content (AvgIpc) is 3.35. The Kier molecular flexibility index (Phi) is 7.05. The maximum Gasteiger partial charge on any atom is 0.256 e. The van der Waals surface area contributed by atoms with E-state index in [1.54, 1.807) is 12.3 Å². The molecule has 0 unspecified atom stereocenters. The van der Waals surface area contributed by atoms with Gasteiger partial charge in [-0.1, -0.05) is 42.5 Å². The molecule has 0 spiro atoms. The summed E-state index contributed by atoms with van der Waals surface area (Å²) in [5.41, 5.74) is 4.13. The van der Waals surface area contributed by atoms with Gasteiger partial charge in [0.25, 0.3) is 5.91 Å². The van der Waals surface area contributed by atoms with E-state index in [1.165, 1.54) is 0 Å². The zero-order valence-electron chi connectivity index (χ0n) is 18.8. The summed E-state index contributed by atoms with van der Waals surface area (Å²) in [6.45, 7) is 5.57. The molecule has 1 heterocycles. The molecule has 0 bridgehead atoms. The highest BCUT2D eigenvalue weighted by molar-refractivity contribution is 6.09. The van der Waals surface area contributed by atoms with Gasteiger partial charge in [-0.15, -0.1) is 0 Å². The van der Waals surface area contributed by atoms with Gasteiger partial charge in [-0.2, -0.15) is 5.10 Å². The molecule has 3 aromatic carbocycles. The van der Waals surface area contributed by atoms with E-state index in [4.69, 9.17) is 9.47 Å². The minimum Gasteiger partial charge on any atom is -0.494 e. The maximum atomic E-state index is 13.3. The highest BCUT2D eigenvalue weighted by Crippen LogP contribution is 2.31. The molecule has 0 aliphatic rings. The number of aromatic nitrogens is 2. The van der Waals surface area contributed by atoms with E-state index in [1.807, 2.05) is 79.3 Å². The second-order valence-electron chi connectivity index (χ2n) is 7.42. The fourth-order valence-corrected chi connectivity index (χ4v) is 3.64. The highest BCUT2D eigenvalue weighted by Gasteiger charge is 2.15. The molecule has 33 heavy (non-hydrogen) atoms. The van der Waals surface area contributed by atoms with Crippen LogP contribution in [-0.2, 0) is 6.54 Å². The van der Waals surface area contributed by atoms with Gasteiger partial charge in [0.15, 0.2) is 0 Å². The second kappa shape index (κ2) is 10.5. The number of hydrogen-bond donors (Lipinski definition) is 1. The zero-order valence-corrected chi connectivity index (χ0v) is 18.8. The Bertz CT molecular complexity index is 1200. The minimum atomic E-state index is -0.208. The third-order valence-corrected chi connectivity index (χ3v) is 5.15. The average molecular weight is 442 g/mol. The first kappa shape index (κ1) is 22.1. The van der Waals surface area contributed by atoms with Crippen molar-refractivity contribution >= 4 is 11.6 Å². The molecular weight excluding hydrogens is 414 g/mol. The number of nitrogens with zero attached hydrogens (tertiary/aromatic N) is 2. The van der Waals surface area contributed by atoms with Gasteiger partial charge in [-0.05, 0) is 54.8 Å². The predicted molar refractivity (Wildman–Crippen MR) is 130 cm³/mol. The van der Waals surface area contributed by atoms with Gasteiger partial charge >= 0.3 is 0 Å². The van der Waals surface area contributed by atoms with Crippen molar-refractivity contribution in [1.82, 2.24) is 9.78 Å². The number of hydrogen-bond acceptors (Lipinski definition) is 4. The Morgan fingerprint density at radius 3 is 2.45 bits per heavy atom. The number of amides is 1. The fourth-order valence-electron chi connectivity index (χ4n) is 3.64. The molecule has 4 aromatic rings. The largest absolute Gasteiger partial charge is 0.494 e. The number of ether oxygens (including phenoxy) is 2. The van der Waals surface area contributed by atoms with E-state index < -0.39 is 0 Å². The summed E-state index contributed by atoms with van der Waals surface area (Å²) >= 11 is 0. The van der Waals surface area contributed by atoms with Gasteiger partial charge in [-0.25, -0.2) is 0 Å². The molecule has 168 valence electrons. The molecule has 1 amide bonds. The van der Waals surface area contributed by atoms with Crippen LogP contribution in [0.2, 0.25) is 0 Å². The van der Waals surface area contributed by atoms with Crippen molar-refractivity contribution in [2.24, 2.45) is 0 Å². The molecule has 1 aromatic heterocycles. The standard InChI is InChI=1S/C27H27N3O3/c1-3-32-22-14-15-26(33-4-2)25(18-22)29-27(31)24-9-6-5-8-23(24)21-12-10-20(11-13-21)19-30-17-7-16-28-30/h5-18H,3-4,19H2,1-2H3,(H,29,31). The molecule has 0 fully saturated rings. The first-order chi connectivity index (χ1) is 16.2. The number of anilines is 1. The van der Waals surface area contributed by atoms with E-state index in [-0.39, 0.29) is 5.91 Å². The number of nitrogens with one attached hydrogen (secondary N) is 1. The quantitative estimate of drug-likeness (QED) is 0.365. The van der Waals surface area contributed by atoms with Crippen LogP contribution in [0.1, 0.15) is 29.8 Å². The van der Waals surface area contributed by atoms with Crippen LogP contribution in [-0.4, -0.2) is 28.9 Å². The van der Waals surface area contributed by atoms with E-state index in [9.17, 15) is 4.79 Å². The van der Waals surface area contributed by atoms with Crippen molar-refractivity contribution in [3.05, 3.63) is 96.3 Å². The summed E-state index contributed by atoms with van der Waals surface area (Å²) in [4.78, 5) is 13.3. The molecule has 0 saturated carbocycles. The Hall–Kier alpha value is -4.06. The van der Waals surface area contributed by atoms with Gasteiger partial charge in [0, 0.05) is 24.0 Å². The third kappa shape index (κ3) is 5.41.